The van der Waals surface area contributed by atoms with Gasteiger partial charge >= 0.3 is 35.8 Å². The third kappa shape index (κ3) is 11.5. The SMILES string of the molecule is COC(=O)[C@]1(OCC(=O)OCc2ccccc2)C[C@H](OC(C)=O)[C@@H](NC(C)=O)[C@H]([C@H](OC(C)=O)[C@@H](COC(C)=O)OC(C)=O)O1. The monoisotopic (exact) mass is 639 g/mol. The summed E-state index contributed by atoms with van der Waals surface area (Å²) in [6, 6.07) is 7.32. The summed E-state index contributed by atoms with van der Waals surface area (Å²) in [6.45, 7) is 3.66. The summed E-state index contributed by atoms with van der Waals surface area (Å²) >= 11 is 0. The van der Waals surface area contributed by atoms with Crippen LogP contribution in [0.15, 0.2) is 30.3 Å². The van der Waals surface area contributed by atoms with Crippen molar-refractivity contribution in [2.24, 2.45) is 0 Å². The Bertz CT molecular complexity index is 1240. The van der Waals surface area contributed by atoms with Crippen molar-refractivity contribution in [3.05, 3.63) is 35.9 Å². The predicted molar refractivity (Wildman–Crippen MR) is 147 cm³/mol. The number of esters is 6. The summed E-state index contributed by atoms with van der Waals surface area (Å²) in [5, 5.41) is 2.53. The van der Waals surface area contributed by atoms with Crippen LogP contribution in [0.1, 0.15) is 46.6 Å². The minimum absolute atomic E-state index is 0.118. The summed E-state index contributed by atoms with van der Waals surface area (Å²) in [6.07, 6.45) is -7.07. The first-order chi connectivity index (χ1) is 21.2. The molecule has 1 saturated heterocycles. The molecule has 1 amide bonds. The number of benzene rings is 1. The highest BCUT2D eigenvalue weighted by molar-refractivity contribution is 5.80. The molecule has 16 nitrogen and oxygen atoms in total. The standard InChI is InChI=1S/C29H37NO15/c1-16(31)30-25-22(42-18(3)33)12-29(28(37)38-6,41-15-24(36)40-13-21-10-8-7-9-11-21)45-27(25)26(44-20(5)35)23(43-19(4)34)14-39-17(2)32/h7-11,22-23,25-27H,12-15H2,1-6H3,(H,30,31)/t22-,23+,25+,26+,27+,29-/m0/s1. The van der Waals surface area contributed by atoms with Crippen LogP contribution in [0.5, 0.6) is 0 Å². The van der Waals surface area contributed by atoms with Crippen LogP contribution in [0.4, 0.5) is 0 Å². The van der Waals surface area contributed by atoms with Crippen LogP contribution in [0.2, 0.25) is 0 Å². The van der Waals surface area contributed by atoms with Crippen molar-refractivity contribution < 1.29 is 71.5 Å². The van der Waals surface area contributed by atoms with Crippen LogP contribution < -0.4 is 5.32 Å². The van der Waals surface area contributed by atoms with Crippen molar-refractivity contribution in [1.82, 2.24) is 5.32 Å². The van der Waals surface area contributed by atoms with Gasteiger partial charge in [0.15, 0.2) is 12.2 Å². The lowest BCUT2D eigenvalue weighted by Crippen LogP contribution is -2.69. The molecule has 248 valence electrons. The van der Waals surface area contributed by atoms with E-state index in [1.165, 1.54) is 0 Å². The topological polar surface area (TPSA) is 205 Å². The van der Waals surface area contributed by atoms with E-state index < -0.39 is 97.6 Å². The molecule has 1 N–H and O–H groups in total. The van der Waals surface area contributed by atoms with Gasteiger partial charge in [0.2, 0.25) is 5.91 Å². The van der Waals surface area contributed by atoms with Crippen LogP contribution in [0.3, 0.4) is 0 Å². The van der Waals surface area contributed by atoms with Crippen molar-refractivity contribution in [3.8, 4) is 0 Å². The average Bonchev–Trinajstić information content (AvgIpc) is 2.96. The van der Waals surface area contributed by atoms with Gasteiger partial charge < -0.3 is 43.2 Å². The number of methoxy groups -OCH3 is 1. The summed E-state index contributed by atoms with van der Waals surface area (Å²) in [5.74, 6) is -8.76. The molecule has 6 atom stereocenters. The first-order valence-corrected chi connectivity index (χ1v) is 13.7. The number of carbonyl (C=O) groups excluding carboxylic acids is 7. The number of carbonyl (C=O) groups is 7. The molecular weight excluding hydrogens is 602 g/mol. The zero-order valence-electron chi connectivity index (χ0n) is 25.7. The lowest BCUT2D eigenvalue weighted by molar-refractivity contribution is -0.313. The van der Waals surface area contributed by atoms with Crippen LogP contribution in [-0.4, -0.2) is 98.3 Å². The number of rotatable bonds is 14. The van der Waals surface area contributed by atoms with Gasteiger partial charge in [-0.15, -0.1) is 0 Å². The van der Waals surface area contributed by atoms with E-state index in [4.69, 9.17) is 37.9 Å². The van der Waals surface area contributed by atoms with Gasteiger partial charge in [0.25, 0.3) is 5.79 Å². The highest BCUT2D eigenvalue weighted by Gasteiger charge is 2.59. The molecule has 1 heterocycles. The number of amides is 1. The highest BCUT2D eigenvalue weighted by atomic mass is 16.7. The minimum Gasteiger partial charge on any atom is -0.465 e. The highest BCUT2D eigenvalue weighted by Crippen LogP contribution is 2.37. The lowest BCUT2D eigenvalue weighted by Gasteiger charge is -2.48. The third-order valence-electron chi connectivity index (χ3n) is 6.16. The van der Waals surface area contributed by atoms with Gasteiger partial charge in [-0.1, -0.05) is 30.3 Å². The molecule has 0 spiro atoms. The quantitative estimate of drug-likeness (QED) is 0.214. The van der Waals surface area contributed by atoms with E-state index in [0.717, 1.165) is 41.7 Å². The van der Waals surface area contributed by atoms with E-state index in [1.807, 2.05) is 0 Å². The molecule has 0 bridgehead atoms. The number of nitrogens with one attached hydrogen (secondary N) is 1. The first kappa shape index (κ1) is 36.6. The van der Waals surface area contributed by atoms with Crippen molar-refractivity contribution >= 4 is 41.7 Å². The van der Waals surface area contributed by atoms with Gasteiger partial charge in [-0.25, -0.2) is 9.59 Å². The van der Waals surface area contributed by atoms with Crippen molar-refractivity contribution in [2.45, 2.75) is 83.9 Å². The first-order valence-electron chi connectivity index (χ1n) is 13.7. The van der Waals surface area contributed by atoms with Crippen molar-refractivity contribution in [1.29, 1.82) is 0 Å². The fourth-order valence-electron chi connectivity index (χ4n) is 4.50. The largest absolute Gasteiger partial charge is 0.465 e. The number of ether oxygens (including phenoxy) is 8. The van der Waals surface area contributed by atoms with Gasteiger partial charge in [-0.05, 0) is 5.56 Å². The Balaban J connectivity index is 2.59. The maximum absolute atomic E-state index is 13.3. The normalized spacial score (nSPS) is 22.0. The van der Waals surface area contributed by atoms with Gasteiger partial charge in [0, 0.05) is 34.6 Å². The minimum atomic E-state index is -2.53. The predicted octanol–water partition coefficient (Wildman–Crippen LogP) is 0.268. The average molecular weight is 640 g/mol. The molecule has 0 aliphatic carbocycles. The van der Waals surface area contributed by atoms with Crippen LogP contribution in [0, 0.1) is 0 Å². The Kier molecular flexibility index (Phi) is 13.9. The second-order valence-corrected chi connectivity index (χ2v) is 9.86. The van der Waals surface area contributed by atoms with E-state index in [9.17, 15) is 33.6 Å². The zero-order chi connectivity index (χ0) is 33.7. The van der Waals surface area contributed by atoms with E-state index in [0.29, 0.717) is 5.56 Å². The Morgan fingerprint density at radius 3 is 2.07 bits per heavy atom. The van der Waals surface area contributed by atoms with E-state index >= 15 is 0 Å². The number of hydrogen-bond donors (Lipinski definition) is 1. The number of hydrogen-bond acceptors (Lipinski definition) is 15. The summed E-state index contributed by atoms with van der Waals surface area (Å²) in [7, 11) is 0.992. The van der Waals surface area contributed by atoms with Crippen molar-refractivity contribution in [2.75, 3.05) is 20.3 Å². The third-order valence-corrected chi connectivity index (χ3v) is 6.16. The molecule has 0 aromatic heterocycles. The molecule has 1 aliphatic rings. The Morgan fingerprint density at radius 2 is 1.53 bits per heavy atom. The molecule has 1 aliphatic heterocycles. The zero-order valence-corrected chi connectivity index (χ0v) is 25.7. The fraction of sp³-hybridized carbons (Fsp3) is 0.552. The Morgan fingerprint density at radius 1 is 0.889 bits per heavy atom. The summed E-state index contributed by atoms with van der Waals surface area (Å²) < 4.78 is 43.1. The van der Waals surface area contributed by atoms with E-state index in [-0.39, 0.29) is 6.61 Å². The Labute approximate surface area is 258 Å². The molecular formula is C29H37NO15. The molecule has 1 aromatic rings. The van der Waals surface area contributed by atoms with Gasteiger partial charge in [-0.2, -0.15) is 0 Å². The molecule has 16 heteroatoms. The second-order valence-electron chi connectivity index (χ2n) is 9.86. The van der Waals surface area contributed by atoms with E-state index in [1.54, 1.807) is 30.3 Å². The van der Waals surface area contributed by atoms with E-state index in [2.05, 4.69) is 5.32 Å². The molecule has 0 saturated carbocycles. The molecule has 2 rings (SSSR count). The maximum Gasteiger partial charge on any atom is 0.366 e. The van der Waals surface area contributed by atoms with Crippen LogP contribution in [-0.2, 0) is 78.1 Å². The Hall–Kier alpha value is -4.57. The fourth-order valence-corrected chi connectivity index (χ4v) is 4.50. The summed E-state index contributed by atoms with van der Waals surface area (Å²) in [5.41, 5.74) is 0.670. The maximum atomic E-state index is 13.3. The molecule has 0 radical (unpaired) electrons. The molecule has 1 fully saturated rings. The van der Waals surface area contributed by atoms with Gasteiger partial charge in [0.1, 0.15) is 32.0 Å². The molecule has 0 unspecified atom stereocenters. The second kappa shape index (κ2) is 17.1. The summed E-state index contributed by atoms with van der Waals surface area (Å²) in [4.78, 5) is 86.3. The van der Waals surface area contributed by atoms with Crippen molar-refractivity contribution in [3.63, 3.8) is 0 Å². The van der Waals surface area contributed by atoms with Gasteiger partial charge in [-0.3, -0.25) is 24.0 Å². The van der Waals surface area contributed by atoms with Crippen LogP contribution in [0.25, 0.3) is 0 Å². The molecule has 1 aromatic carbocycles. The lowest BCUT2D eigenvalue weighted by atomic mass is 9.88. The van der Waals surface area contributed by atoms with Gasteiger partial charge in [0.05, 0.1) is 19.6 Å². The smallest absolute Gasteiger partial charge is 0.366 e. The van der Waals surface area contributed by atoms with Crippen LogP contribution >= 0.6 is 0 Å². The molecule has 45 heavy (non-hydrogen) atoms.